The first-order chi connectivity index (χ1) is 8.61. The molecule has 4 bridgehead atoms. The van der Waals surface area contributed by atoms with E-state index in [1.54, 1.807) is 0 Å². The summed E-state index contributed by atoms with van der Waals surface area (Å²) >= 11 is 0. The smallest absolute Gasteiger partial charge is 0.148 e. The summed E-state index contributed by atoms with van der Waals surface area (Å²) < 4.78 is 22.6. The van der Waals surface area contributed by atoms with Crippen molar-refractivity contribution in [3.8, 4) is 0 Å². The van der Waals surface area contributed by atoms with E-state index in [4.69, 9.17) is 0 Å². The number of nitrogens with one attached hydrogen (secondary N) is 1. The van der Waals surface area contributed by atoms with Gasteiger partial charge in [-0.15, -0.1) is 0 Å². The summed E-state index contributed by atoms with van der Waals surface area (Å²) in [7, 11) is -2.85. The molecule has 4 aliphatic rings. The SMILES string of the molecule is CC12CC3CC(C)(C1)CC(NCCS(C)(=O)=O)(C3)C2. The minimum absolute atomic E-state index is 0.230. The molecule has 110 valence electrons. The van der Waals surface area contributed by atoms with Gasteiger partial charge in [-0.2, -0.15) is 0 Å². The fourth-order valence-corrected chi connectivity index (χ4v) is 6.62. The van der Waals surface area contributed by atoms with Crippen molar-refractivity contribution in [3.63, 3.8) is 0 Å². The predicted octanol–water partition coefficient (Wildman–Crippen LogP) is 2.37. The summed E-state index contributed by atoms with van der Waals surface area (Å²) in [6, 6.07) is 0. The van der Waals surface area contributed by atoms with E-state index in [9.17, 15) is 8.42 Å². The summed E-state index contributed by atoms with van der Waals surface area (Å²) in [5, 5.41) is 3.66. The first-order valence-electron chi connectivity index (χ1n) is 7.54. The Labute approximate surface area is 117 Å². The van der Waals surface area contributed by atoms with Gasteiger partial charge in [-0.1, -0.05) is 13.8 Å². The topological polar surface area (TPSA) is 46.2 Å². The summed E-state index contributed by atoms with van der Waals surface area (Å²) in [5.74, 6) is 1.13. The van der Waals surface area contributed by atoms with Crippen LogP contribution < -0.4 is 5.32 Å². The monoisotopic (exact) mass is 285 g/mol. The Bertz CT molecular complexity index is 466. The molecule has 0 aromatic heterocycles. The molecule has 0 heterocycles. The van der Waals surface area contributed by atoms with E-state index >= 15 is 0 Å². The second kappa shape index (κ2) is 3.97. The summed E-state index contributed by atoms with van der Waals surface area (Å²) in [6.07, 6.45) is 9.23. The van der Waals surface area contributed by atoms with E-state index in [1.807, 2.05) is 0 Å². The molecule has 2 atom stereocenters. The molecule has 4 saturated carbocycles. The number of hydrogen-bond donors (Lipinski definition) is 1. The lowest BCUT2D eigenvalue weighted by Gasteiger charge is -2.65. The van der Waals surface area contributed by atoms with E-state index < -0.39 is 9.84 Å². The molecule has 4 fully saturated rings. The van der Waals surface area contributed by atoms with Gasteiger partial charge in [0.25, 0.3) is 0 Å². The normalized spacial score (nSPS) is 48.7. The van der Waals surface area contributed by atoms with Crippen molar-refractivity contribution >= 4 is 9.84 Å². The third-order valence-corrected chi connectivity index (χ3v) is 6.54. The molecule has 0 amide bonds. The maximum Gasteiger partial charge on any atom is 0.148 e. The van der Waals surface area contributed by atoms with Gasteiger partial charge in [-0.25, -0.2) is 8.42 Å². The molecule has 0 aromatic rings. The van der Waals surface area contributed by atoms with Crippen LogP contribution in [0.15, 0.2) is 0 Å². The third kappa shape index (κ3) is 2.71. The van der Waals surface area contributed by atoms with Crippen LogP contribution in [-0.4, -0.2) is 32.5 Å². The maximum atomic E-state index is 11.3. The first kappa shape index (κ1) is 13.9. The molecule has 4 aliphatic carbocycles. The van der Waals surface area contributed by atoms with Crippen LogP contribution in [0.25, 0.3) is 0 Å². The van der Waals surface area contributed by atoms with Crippen molar-refractivity contribution in [3.05, 3.63) is 0 Å². The lowest BCUT2D eigenvalue weighted by atomic mass is 9.43. The summed E-state index contributed by atoms with van der Waals surface area (Å²) in [6.45, 7) is 5.52. The molecule has 1 N–H and O–H groups in total. The van der Waals surface area contributed by atoms with Gasteiger partial charge in [0.05, 0.1) is 5.75 Å². The van der Waals surface area contributed by atoms with Gasteiger partial charge in [0, 0.05) is 18.3 Å². The molecule has 19 heavy (non-hydrogen) atoms. The van der Waals surface area contributed by atoms with Crippen molar-refractivity contribution in [1.29, 1.82) is 0 Å². The highest BCUT2D eigenvalue weighted by Crippen LogP contribution is 2.66. The van der Waals surface area contributed by atoms with Crippen molar-refractivity contribution in [2.24, 2.45) is 16.7 Å². The molecule has 4 heteroatoms. The zero-order valence-corrected chi connectivity index (χ0v) is 13.3. The molecule has 3 nitrogen and oxygen atoms in total. The molecule has 0 spiro atoms. The Morgan fingerprint density at radius 1 is 1.05 bits per heavy atom. The lowest BCUT2D eigenvalue weighted by Crippen LogP contribution is -2.64. The summed E-state index contributed by atoms with van der Waals surface area (Å²) in [4.78, 5) is 0. The average molecular weight is 285 g/mol. The van der Waals surface area contributed by atoms with Crippen LogP contribution >= 0.6 is 0 Å². The molecule has 0 saturated heterocycles. The third-order valence-electron chi connectivity index (χ3n) is 5.60. The van der Waals surface area contributed by atoms with Crippen LogP contribution in [0, 0.1) is 16.7 Å². The first-order valence-corrected chi connectivity index (χ1v) is 9.60. The fourth-order valence-electron chi connectivity index (χ4n) is 6.15. The van der Waals surface area contributed by atoms with Crippen LogP contribution in [0.5, 0.6) is 0 Å². The molecular formula is C15H27NO2S. The molecule has 0 aromatic carbocycles. The Hall–Kier alpha value is -0.0900. The zero-order valence-electron chi connectivity index (χ0n) is 12.5. The highest BCUT2D eigenvalue weighted by atomic mass is 32.2. The Morgan fingerprint density at radius 2 is 1.63 bits per heavy atom. The number of sulfone groups is 1. The minimum Gasteiger partial charge on any atom is -0.310 e. The van der Waals surface area contributed by atoms with Crippen molar-refractivity contribution in [2.45, 2.75) is 57.9 Å². The number of rotatable bonds is 4. The Morgan fingerprint density at radius 3 is 2.11 bits per heavy atom. The maximum absolute atomic E-state index is 11.3. The van der Waals surface area contributed by atoms with E-state index in [1.165, 1.54) is 44.8 Å². The average Bonchev–Trinajstić information content (AvgIpc) is 2.07. The highest BCUT2D eigenvalue weighted by Gasteiger charge is 2.59. The van der Waals surface area contributed by atoms with Crippen LogP contribution in [-0.2, 0) is 9.84 Å². The van der Waals surface area contributed by atoms with E-state index in [-0.39, 0.29) is 11.3 Å². The minimum atomic E-state index is -2.85. The quantitative estimate of drug-likeness (QED) is 0.862. The van der Waals surface area contributed by atoms with Gasteiger partial charge in [-0.05, 0) is 55.3 Å². The van der Waals surface area contributed by atoms with Gasteiger partial charge in [0.2, 0.25) is 0 Å². The summed E-state index contributed by atoms with van der Waals surface area (Å²) in [5.41, 5.74) is 1.21. The largest absolute Gasteiger partial charge is 0.310 e. The second-order valence-corrected chi connectivity index (χ2v) is 10.7. The zero-order chi connectivity index (χ0) is 13.9. The molecule has 0 radical (unpaired) electrons. The van der Waals surface area contributed by atoms with Gasteiger partial charge in [-0.3, -0.25) is 0 Å². The molecular weight excluding hydrogens is 258 g/mol. The second-order valence-electron chi connectivity index (χ2n) is 8.47. The van der Waals surface area contributed by atoms with Gasteiger partial charge in [0.15, 0.2) is 0 Å². The molecule has 4 rings (SSSR count). The standard InChI is InChI=1S/C15H27NO2S/c1-13-6-12-7-14(2,9-13)11-15(8-12,10-13)16-4-5-19(3,17)18/h12,16H,4-11H2,1-3H3. The Balaban J connectivity index is 1.74. The van der Waals surface area contributed by atoms with Gasteiger partial charge >= 0.3 is 0 Å². The van der Waals surface area contributed by atoms with Crippen LogP contribution in [0.1, 0.15) is 52.4 Å². The number of hydrogen-bond acceptors (Lipinski definition) is 3. The molecule has 0 aliphatic heterocycles. The van der Waals surface area contributed by atoms with Crippen LogP contribution in [0.3, 0.4) is 0 Å². The van der Waals surface area contributed by atoms with Gasteiger partial charge in [0.1, 0.15) is 9.84 Å². The van der Waals surface area contributed by atoms with E-state index in [2.05, 4.69) is 19.2 Å². The predicted molar refractivity (Wildman–Crippen MR) is 77.9 cm³/mol. The molecule has 2 unspecified atom stereocenters. The van der Waals surface area contributed by atoms with E-state index in [0.29, 0.717) is 17.4 Å². The Kier molecular flexibility index (Phi) is 2.90. The lowest BCUT2D eigenvalue weighted by molar-refractivity contribution is -0.117. The van der Waals surface area contributed by atoms with Crippen molar-refractivity contribution in [2.75, 3.05) is 18.6 Å². The highest BCUT2D eigenvalue weighted by molar-refractivity contribution is 7.90. The van der Waals surface area contributed by atoms with Crippen molar-refractivity contribution < 1.29 is 8.42 Å². The van der Waals surface area contributed by atoms with Gasteiger partial charge < -0.3 is 5.32 Å². The van der Waals surface area contributed by atoms with Crippen LogP contribution in [0.4, 0.5) is 0 Å². The van der Waals surface area contributed by atoms with Crippen molar-refractivity contribution in [1.82, 2.24) is 5.32 Å². The van der Waals surface area contributed by atoms with E-state index in [0.717, 1.165) is 5.92 Å². The fraction of sp³-hybridized carbons (Fsp3) is 1.00. The van der Waals surface area contributed by atoms with Crippen LogP contribution in [0.2, 0.25) is 0 Å².